The van der Waals surface area contributed by atoms with Crippen molar-refractivity contribution in [3.8, 4) is 11.5 Å². The van der Waals surface area contributed by atoms with Crippen molar-refractivity contribution in [2.45, 2.75) is 39.5 Å². The summed E-state index contributed by atoms with van der Waals surface area (Å²) in [7, 11) is 0. The number of halogens is 2. The molecule has 0 amide bonds. The standard InChI is InChI=1S/C20H22Br2O3/c1-3-4-5-6-11-24-18-10-8-15(13-17(18)22)20(23)25-19-9-7-14(2)12-16(19)21/h7-10,12-13H,3-6,11H2,1-2H3. The number of hydrogen-bond donors (Lipinski definition) is 0. The van der Waals surface area contributed by atoms with Gasteiger partial charge in [-0.2, -0.15) is 0 Å². The summed E-state index contributed by atoms with van der Waals surface area (Å²) in [5.41, 5.74) is 1.56. The Morgan fingerprint density at radius 1 is 0.960 bits per heavy atom. The zero-order chi connectivity index (χ0) is 18.2. The summed E-state index contributed by atoms with van der Waals surface area (Å²) in [6.45, 7) is 4.84. The van der Waals surface area contributed by atoms with Gasteiger partial charge in [-0.05, 0) is 81.1 Å². The number of benzene rings is 2. The van der Waals surface area contributed by atoms with Gasteiger partial charge in [0.2, 0.25) is 0 Å². The van der Waals surface area contributed by atoms with E-state index < -0.39 is 5.97 Å². The smallest absolute Gasteiger partial charge is 0.343 e. The third-order valence-electron chi connectivity index (χ3n) is 3.71. The Morgan fingerprint density at radius 3 is 2.36 bits per heavy atom. The van der Waals surface area contributed by atoms with Crippen molar-refractivity contribution in [1.82, 2.24) is 0 Å². The Morgan fingerprint density at radius 2 is 1.68 bits per heavy atom. The van der Waals surface area contributed by atoms with Gasteiger partial charge < -0.3 is 9.47 Å². The number of ether oxygens (including phenoxy) is 2. The average molecular weight is 470 g/mol. The van der Waals surface area contributed by atoms with E-state index in [0.717, 1.165) is 26.7 Å². The lowest BCUT2D eigenvalue weighted by Gasteiger charge is -2.10. The van der Waals surface area contributed by atoms with Crippen LogP contribution in [0.5, 0.6) is 11.5 Å². The number of unbranched alkanes of at least 4 members (excludes halogenated alkanes) is 3. The Labute approximate surface area is 166 Å². The molecule has 0 aliphatic carbocycles. The zero-order valence-corrected chi connectivity index (χ0v) is 17.7. The van der Waals surface area contributed by atoms with Crippen LogP contribution in [0, 0.1) is 6.92 Å². The Balaban J connectivity index is 1.97. The molecule has 0 unspecified atom stereocenters. The minimum Gasteiger partial charge on any atom is -0.492 e. The maximum Gasteiger partial charge on any atom is 0.343 e. The minimum absolute atomic E-state index is 0.403. The van der Waals surface area contributed by atoms with Gasteiger partial charge in [-0.1, -0.05) is 32.3 Å². The molecule has 0 fully saturated rings. The van der Waals surface area contributed by atoms with Crippen LogP contribution in [0.4, 0.5) is 0 Å². The highest BCUT2D eigenvalue weighted by Crippen LogP contribution is 2.29. The van der Waals surface area contributed by atoms with E-state index in [1.807, 2.05) is 19.1 Å². The molecule has 0 saturated heterocycles. The quantitative estimate of drug-likeness (QED) is 0.245. The first-order chi connectivity index (χ1) is 12.0. The van der Waals surface area contributed by atoms with Crippen LogP contribution < -0.4 is 9.47 Å². The summed E-state index contributed by atoms with van der Waals surface area (Å²) in [6, 6.07) is 10.8. The molecule has 25 heavy (non-hydrogen) atoms. The summed E-state index contributed by atoms with van der Waals surface area (Å²) in [5.74, 6) is 0.840. The maximum absolute atomic E-state index is 12.3. The molecule has 0 saturated carbocycles. The van der Waals surface area contributed by atoms with Crippen molar-refractivity contribution in [3.05, 3.63) is 56.5 Å². The average Bonchev–Trinajstić information content (AvgIpc) is 2.58. The second-order valence-electron chi connectivity index (χ2n) is 5.88. The molecular weight excluding hydrogens is 448 g/mol. The number of esters is 1. The van der Waals surface area contributed by atoms with Crippen LogP contribution in [0.15, 0.2) is 45.3 Å². The second-order valence-corrected chi connectivity index (χ2v) is 7.59. The summed E-state index contributed by atoms with van der Waals surface area (Å²) in [5, 5.41) is 0. The fraction of sp³-hybridized carbons (Fsp3) is 0.350. The number of rotatable bonds is 8. The molecule has 0 bridgehead atoms. The van der Waals surface area contributed by atoms with E-state index in [0.29, 0.717) is 17.9 Å². The first kappa shape index (κ1) is 20.0. The first-order valence-corrected chi connectivity index (χ1v) is 10.0. The van der Waals surface area contributed by atoms with E-state index in [1.54, 1.807) is 24.3 Å². The monoisotopic (exact) mass is 468 g/mol. The molecule has 134 valence electrons. The fourth-order valence-electron chi connectivity index (χ4n) is 2.30. The molecular formula is C20H22Br2O3. The molecule has 0 N–H and O–H groups in total. The Kier molecular flexibility index (Phi) is 7.97. The lowest BCUT2D eigenvalue weighted by molar-refractivity contribution is 0.0733. The molecule has 0 radical (unpaired) electrons. The highest BCUT2D eigenvalue weighted by Gasteiger charge is 2.13. The molecule has 0 spiro atoms. The molecule has 0 aliphatic rings. The number of hydrogen-bond acceptors (Lipinski definition) is 3. The van der Waals surface area contributed by atoms with Gasteiger partial charge in [-0.15, -0.1) is 0 Å². The number of carbonyl (C=O) groups excluding carboxylic acids is 1. The highest BCUT2D eigenvalue weighted by atomic mass is 79.9. The number of carbonyl (C=O) groups is 1. The van der Waals surface area contributed by atoms with E-state index in [1.165, 1.54) is 19.3 Å². The first-order valence-electron chi connectivity index (χ1n) is 8.42. The summed E-state index contributed by atoms with van der Waals surface area (Å²) < 4.78 is 12.7. The topological polar surface area (TPSA) is 35.5 Å². The van der Waals surface area contributed by atoms with Crippen molar-refractivity contribution in [2.75, 3.05) is 6.61 Å². The SMILES string of the molecule is CCCCCCOc1ccc(C(=O)Oc2ccc(C)cc2Br)cc1Br. The van der Waals surface area contributed by atoms with E-state index in [-0.39, 0.29) is 0 Å². The summed E-state index contributed by atoms with van der Waals surface area (Å²) in [4.78, 5) is 12.3. The summed E-state index contributed by atoms with van der Waals surface area (Å²) in [6.07, 6.45) is 4.64. The van der Waals surface area contributed by atoms with Crippen LogP contribution in [-0.2, 0) is 0 Å². The molecule has 0 aromatic heterocycles. The van der Waals surface area contributed by atoms with Crippen LogP contribution in [-0.4, -0.2) is 12.6 Å². The second kappa shape index (κ2) is 9.97. The van der Waals surface area contributed by atoms with Gasteiger partial charge >= 0.3 is 5.97 Å². The molecule has 5 heteroatoms. The zero-order valence-electron chi connectivity index (χ0n) is 14.5. The lowest BCUT2D eigenvalue weighted by atomic mass is 10.2. The van der Waals surface area contributed by atoms with Gasteiger partial charge in [0.1, 0.15) is 11.5 Å². The van der Waals surface area contributed by atoms with Gasteiger partial charge in [0.15, 0.2) is 0 Å². The largest absolute Gasteiger partial charge is 0.492 e. The molecule has 2 aromatic carbocycles. The normalized spacial score (nSPS) is 10.6. The summed E-state index contributed by atoms with van der Waals surface area (Å²) >= 11 is 6.88. The predicted octanol–water partition coefficient (Wildman–Crippen LogP) is 6.70. The lowest BCUT2D eigenvalue weighted by Crippen LogP contribution is -2.09. The van der Waals surface area contributed by atoms with Crippen LogP contribution in [0.25, 0.3) is 0 Å². The fourth-order valence-corrected chi connectivity index (χ4v) is 3.37. The molecule has 0 aliphatic heterocycles. The van der Waals surface area contributed by atoms with Gasteiger partial charge in [0, 0.05) is 0 Å². The Hall–Kier alpha value is -1.33. The van der Waals surface area contributed by atoms with Crippen molar-refractivity contribution >= 4 is 37.8 Å². The van der Waals surface area contributed by atoms with Gasteiger partial charge in [0.25, 0.3) is 0 Å². The van der Waals surface area contributed by atoms with E-state index in [9.17, 15) is 4.79 Å². The van der Waals surface area contributed by atoms with Gasteiger partial charge in [-0.25, -0.2) is 4.79 Å². The third-order valence-corrected chi connectivity index (χ3v) is 4.95. The molecule has 2 aromatic rings. The van der Waals surface area contributed by atoms with E-state index in [4.69, 9.17) is 9.47 Å². The van der Waals surface area contributed by atoms with Crippen molar-refractivity contribution in [1.29, 1.82) is 0 Å². The maximum atomic E-state index is 12.3. The van der Waals surface area contributed by atoms with Crippen LogP contribution in [0.2, 0.25) is 0 Å². The van der Waals surface area contributed by atoms with Crippen molar-refractivity contribution in [3.63, 3.8) is 0 Å². The molecule has 0 heterocycles. The van der Waals surface area contributed by atoms with Gasteiger partial charge in [-0.3, -0.25) is 0 Å². The predicted molar refractivity (Wildman–Crippen MR) is 108 cm³/mol. The van der Waals surface area contributed by atoms with Crippen molar-refractivity contribution < 1.29 is 14.3 Å². The van der Waals surface area contributed by atoms with Crippen molar-refractivity contribution in [2.24, 2.45) is 0 Å². The third kappa shape index (κ3) is 6.15. The number of aryl methyl sites for hydroxylation is 1. The minimum atomic E-state index is -0.403. The van der Waals surface area contributed by atoms with Crippen LogP contribution >= 0.6 is 31.9 Å². The molecule has 0 atom stereocenters. The Bertz CT molecular complexity index is 729. The van der Waals surface area contributed by atoms with Crippen LogP contribution in [0.3, 0.4) is 0 Å². The molecule has 3 nitrogen and oxygen atoms in total. The van der Waals surface area contributed by atoms with Gasteiger partial charge in [0.05, 0.1) is 21.1 Å². The van der Waals surface area contributed by atoms with E-state index in [2.05, 4.69) is 38.8 Å². The molecule has 2 rings (SSSR count). The highest BCUT2D eigenvalue weighted by molar-refractivity contribution is 9.10. The van der Waals surface area contributed by atoms with E-state index >= 15 is 0 Å². The van der Waals surface area contributed by atoms with Crippen LogP contribution in [0.1, 0.15) is 48.5 Å².